The maximum absolute atomic E-state index is 12.9. The van der Waals surface area contributed by atoms with Gasteiger partial charge in [0.15, 0.2) is 6.61 Å². The molecule has 46 heavy (non-hydrogen) atoms. The summed E-state index contributed by atoms with van der Waals surface area (Å²) >= 11 is 0. The van der Waals surface area contributed by atoms with Crippen molar-refractivity contribution in [1.82, 2.24) is 10.4 Å². The van der Waals surface area contributed by atoms with Gasteiger partial charge in [0.05, 0.1) is 17.4 Å². The smallest absolute Gasteiger partial charge is 0.416 e. The van der Waals surface area contributed by atoms with Gasteiger partial charge in [0.1, 0.15) is 12.4 Å². The van der Waals surface area contributed by atoms with Gasteiger partial charge in [0.25, 0.3) is 5.91 Å². The summed E-state index contributed by atoms with van der Waals surface area (Å²) in [5.74, 6) is -0.0498. The number of rotatable bonds is 11. The molecule has 3 aromatic carbocycles. The Bertz CT molecular complexity index is 1470. The summed E-state index contributed by atoms with van der Waals surface area (Å²) in [6.45, 7) is 5.93. The zero-order chi connectivity index (χ0) is 33.3. The maximum atomic E-state index is 12.9. The molecular weight excluding hydrogens is 603 g/mol. The van der Waals surface area contributed by atoms with Crippen molar-refractivity contribution in [2.75, 3.05) is 13.2 Å². The van der Waals surface area contributed by atoms with Gasteiger partial charge in [-0.1, -0.05) is 68.4 Å². The summed E-state index contributed by atoms with van der Waals surface area (Å²) in [5.41, 5.74) is 4.26. The number of nitrogens with zero attached hydrogens (tertiary/aromatic N) is 2. The number of hydrogen-bond acceptors (Lipinski definition) is 6. The number of hydroxylamine groups is 1. The third-order valence-electron chi connectivity index (χ3n) is 7.60. The van der Waals surface area contributed by atoms with Crippen LogP contribution in [0.1, 0.15) is 55.9 Å². The molecule has 1 aliphatic rings. The van der Waals surface area contributed by atoms with E-state index in [0.29, 0.717) is 42.8 Å². The molecule has 2 N–H and O–H groups in total. The van der Waals surface area contributed by atoms with Gasteiger partial charge in [-0.3, -0.25) is 9.63 Å². The Morgan fingerprint density at radius 3 is 2.24 bits per heavy atom. The second-order valence-electron chi connectivity index (χ2n) is 12.1. The highest BCUT2D eigenvalue weighted by Gasteiger charge is 2.39. The Kier molecular flexibility index (Phi) is 11.3. The first kappa shape index (κ1) is 34.3. The first-order valence-corrected chi connectivity index (χ1v) is 14.9. The van der Waals surface area contributed by atoms with Crippen molar-refractivity contribution in [3.8, 4) is 5.75 Å². The summed E-state index contributed by atoms with van der Waals surface area (Å²) < 4.78 is 44.2. The number of piperidine rings is 1. The van der Waals surface area contributed by atoms with E-state index in [9.17, 15) is 27.9 Å². The molecule has 1 heterocycles. The van der Waals surface area contributed by atoms with Gasteiger partial charge in [0.2, 0.25) is 0 Å². The second kappa shape index (κ2) is 15.1. The second-order valence-corrected chi connectivity index (χ2v) is 12.1. The summed E-state index contributed by atoms with van der Waals surface area (Å²) in [6, 6.07) is 21.0. The zero-order valence-corrected chi connectivity index (χ0v) is 25.9. The van der Waals surface area contributed by atoms with Gasteiger partial charge < -0.3 is 19.6 Å². The van der Waals surface area contributed by atoms with Crippen LogP contribution < -0.4 is 10.2 Å². The van der Waals surface area contributed by atoms with E-state index in [1.54, 1.807) is 24.3 Å². The van der Waals surface area contributed by atoms with E-state index in [-0.39, 0.29) is 30.8 Å². The number of amides is 2. The average molecular weight is 642 g/mol. The van der Waals surface area contributed by atoms with Gasteiger partial charge in [-0.25, -0.2) is 10.3 Å². The van der Waals surface area contributed by atoms with E-state index in [4.69, 9.17) is 14.4 Å². The van der Waals surface area contributed by atoms with Gasteiger partial charge in [-0.05, 0) is 71.3 Å². The van der Waals surface area contributed by atoms with Crippen molar-refractivity contribution in [2.45, 2.75) is 65.0 Å². The third-order valence-corrected chi connectivity index (χ3v) is 7.60. The number of carbonyl (C=O) groups excluding carboxylic acids is 1. The lowest BCUT2D eigenvalue weighted by molar-refractivity contribution is -0.145. The molecule has 1 aliphatic heterocycles. The summed E-state index contributed by atoms with van der Waals surface area (Å²) in [4.78, 5) is 36.6. The minimum Gasteiger partial charge on any atom is -0.484 e. The molecule has 246 valence electrons. The van der Waals surface area contributed by atoms with E-state index in [1.165, 1.54) is 17.0 Å². The number of alkyl halides is 3. The first-order valence-electron chi connectivity index (χ1n) is 14.9. The number of benzene rings is 3. The van der Waals surface area contributed by atoms with Crippen molar-refractivity contribution < 1.29 is 42.3 Å². The van der Waals surface area contributed by atoms with Crippen LogP contribution in [0.15, 0.2) is 84.0 Å². The SMILES string of the molecule is CC(C)(C)C1CC(ONC(=O)COc2ccc(C(Cc3ccccc3)=NOCc3ccc(C(F)(F)F)cc3)cc2)CCN1C(=O)O. The summed E-state index contributed by atoms with van der Waals surface area (Å²) in [5, 5.41) is 13.8. The molecule has 0 bridgehead atoms. The van der Waals surface area contributed by atoms with Crippen molar-refractivity contribution in [3.05, 3.63) is 101 Å². The van der Waals surface area contributed by atoms with Crippen molar-refractivity contribution in [3.63, 3.8) is 0 Å². The Balaban J connectivity index is 1.32. The number of oxime groups is 1. The molecule has 0 aromatic heterocycles. The fourth-order valence-electron chi connectivity index (χ4n) is 5.11. The molecule has 2 atom stereocenters. The van der Waals surface area contributed by atoms with Crippen LogP contribution in [0, 0.1) is 5.41 Å². The number of carbonyl (C=O) groups is 2. The van der Waals surface area contributed by atoms with Crippen LogP contribution in [0.25, 0.3) is 0 Å². The van der Waals surface area contributed by atoms with Gasteiger partial charge in [-0.15, -0.1) is 0 Å². The molecule has 9 nitrogen and oxygen atoms in total. The van der Waals surface area contributed by atoms with Crippen LogP contribution in [0.4, 0.5) is 18.0 Å². The topological polar surface area (TPSA) is 110 Å². The Morgan fingerprint density at radius 1 is 0.957 bits per heavy atom. The minimum atomic E-state index is -4.41. The summed E-state index contributed by atoms with van der Waals surface area (Å²) in [6.07, 6.45) is -4.35. The van der Waals surface area contributed by atoms with Crippen LogP contribution in [-0.2, 0) is 33.7 Å². The average Bonchev–Trinajstić information content (AvgIpc) is 3.02. The lowest BCUT2D eigenvalue weighted by Gasteiger charge is -2.44. The molecule has 3 aromatic rings. The molecule has 0 spiro atoms. The number of halogens is 3. The molecule has 2 amide bonds. The normalized spacial score (nSPS) is 17.3. The van der Waals surface area contributed by atoms with E-state index in [1.807, 2.05) is 51.1 Å². The van der Waals surface area contributed by atoms with Crippen molar-refractivity contribution in [1.29, 1.82) is 0 Å². The number of nitrogens with one attached hydrogen (secondary N) is 1. The van der Waals surface area contributed by atoms with E-state index < -0.39 is 23.7 Å². The largest absolute Gasteiger partial charge is 0.484 e. The maximum Gasteiger partial charge on any atom is 0.416 e. The van der Waals surface area contributed by atoms with Crippen molar-refractivity contribution >= 4 is 17.7 Å². The van der Waals surface area contributed by atoms with Crippen molar-refractivity contribution in [2.24, 2.45) is 10.6 Å². The molecule has 0 radical (unpaired) electrons. The lowest BCUT2D eigenvalue weighted by atomic mass is 9.80. The molecule has 4 rings (SSSR count). The Morgan fingerprint density at radius 2 is 1.63 bits per heavy atom. The van der Waals surface area contributed by atoms with Gasteiger partial charge in [0, 0.05) is 19.0 Å². The third kappa shape index (κ3) is 9.96. The predicted molar refractivity (Wildman–Crippen MR) is 165 cm³/mol. The lowest BCUT2D eigenvalue weighted by Crippen LogP contribution is -2.54. The fraction of sp³-hybridized carbons (Fsp3) is 0.382. The highest BCUT2D eigenvalue weighted by molar-refractivity contribution is 6.01. The molecular formula is C34H38F3N3O6. The van der Waals surface area contributed by atoms with Gasteiger partial charge >= 0.3 is 12.3 Å². The molecule has 1 saturated heterocycles. The zero-order valence-electron chi connectivity index (χ0n) is 25.9. The van der Waals surface area contributed by atoms with Crippen LogP contribution >= 0.6 is 0 Å². The van der Waals surface area contributed by atoms with Crippen LogP contribution in [0.3, 0.4) is 0 Å². The quantitative estimate of drug-likeness (QED) is 0.175. The number of likely N-dealkylation sites (tertiary alicyclic amines) is 1. The number of carboxylic acid groups (broad SMARTS) is 1. The number of hydrogen-bond donors (Lipinski definition) is 2. The predicted octanol–water partition coefficient (Wildman–Crippen LogP) is 6.85. The van der Waals surface area contributed by atoms with E-state index in [2.05, 4.69) is 10.6 Å². The highest BCUT2D eigenvalue weighted by atomic mass is 19.4. The van der Waals surface area contributed by atoms with Crippen LogP contribution in [-0.4, -0.2) is 53.0 Å². The fourth-order valence-corrected chi connectivity index (χ4v) is 5.11. The molecule has 0 aliphatic carbocycles. The summed E-state index contributed by atoms with van der Waals surface area (Å²) in [7, 11) is 0. The van der Waals surface area contributed by atoms with Gasteiger partial charge in [-0.2, -0.15) is 13.2 Å². The molecule has 0 saturated carbocycles. The molecule has 12 heteroatoms. The van der Waals surface area contributed by atoms with Crippen LogP contribution in [0.5, 0.6) is 5.75 Å². The molecule has 1 fully saturated rings. The first-order chi connectivity index (χ1) is 21.8. The monoisotopic (exact) mass is 641 g/mol. The minimum absolute atomic E-state index is 0.00959. The Labute approximate surface area is 265 Å². The molecule has 2 unspecified atom stereocenters. The number of ether oxygens (including phenoxy) is 1. The van der Waals surface area contributed by atoms with E-state index in [0.717, 1.165) is 23.3 Å². The highest BCUT2D eigenvalue weighted by Crippen LogP contribution is 2.33. The standard InChI is InChI=1S/C34H38F3N3O6/c1-33(2,3)30-20-28(17-18-40(30)32(42)43)46-39-31(41)22-44-27-15-11-25(12-16-27)29(19-23-7-5-4-6-8-23)38-45-21-24-9-13-26(14-10-24)34(35,36)37/h4-16,28,30H,17-22H2,1-3H3,(H,39,41)(H,42,43). The van der Waals surface area contributed by atoms with Crippen LogP contribution in [0.2, 0.25) is 0 Å². The Hall–Kier alpha value is -4.58. The van der Waals surface area contributed by atoms with E-state index >= 15 is 0 Å².